The monoisotopic (exact) mass is 282 g/mol. The fourth-order valence-corrected chi connectivity index (χ4v) is 4.22. The molecule has 0 spiro atoms. The number of epoxide rings is 2. The van der Waals surface area contributed by atoms with Crippen molar-refractivity contribution in [3.63, 3.8) is 0 Å². The Morgan fingerprint density at radius 3 is 2.70 bits per heavy atom. The third-order valence-corrected chi connectivity index (χ3v) is 5.98. The van der Waals surface area contributed by atoms with Gasteiger partial charge in [-0.3, -0.25) is 0 Å². The number of ether oxygens (including phenoxy) is 3. The molecule has 1 N–H and O–H groups in total. The lowest BCUT2D eigenvalue weighted by Crippen LogP contribution is -2.38. The molecule has 0 radical (unpaired) electrons. The number of aliphatic hydroxyl groups is 1. The van der Waals surface area contributed by atoms with Crippen LogP contribution in [0.25, 0.3) is 0 Å². The Balaban J connectivity index is 1.29. The first kappa shape index (κ1) is 13.5. The van der Waals surface area contributed by atoms with Gasteiger partial charge < -0.3 is 19.3 Å². The van der Waals surface area contributed by atoms with Crippen LogP contribution >= 0.6 is 0 Å². The molecule has 4 heteroatoms. The van der Waals surface area contributed by atoms with Crippen molar-refractivity contribution in [1.29, 1.82) is 0 Å². The highest BCUT2D eigenvalue weighted by Gasteiger charge is 2.51. The second-order valence-corrected chi connectivity index (χ2v) is 7.42. The van der Waals surface area contributed by atoms with Crippen molar-refractivity contribution in [3.8, 4) is 0 Å². The number of rotatable bonds is 5. The van der Waals surface area contributed by atoms with E-state index in [0.29, 0.717) is 36.9 Å². The summed E-state index contributed by atoms with van der Waals surface area (Å²) in [6, 6.07) is 0. The van der Waals surface area contributed by atoms with Gasteiger partial charge in [-0.15, -0.1) is 0 Å². The van der Waals surface area contributed by atoms with Crippen LogP contribution in [0.2, 0.25) is 0 Å². The highest BCUT2D eigenvalue weighted by Crippen LogP contribution is 2.47. The third kappa shape index (κ3) is 2.52. The van der Waals surface area contributed by atoms with E-state index < -0.39 is 0 Å². The Labute approximate surface area is 120 Å². The van der Waals surface area contributed by atoms with E-state index in [9.17, 15) is 5.11 Å². The van der Waals surface area contributed by atoms with E-state index >= 15 is 0 Å². The van der Waals surface area contributed by atoms with Gasteiger partial charge in [0, 0.05) is 5.41 Å². The zero-order valence-corrected chi connectivity index (χ0v) is 12.3. The van der Waals surface area contributed by atoms with Crippen molar-refractivity contribution in [3.05, 3.63) is 0 Å². The van der Waals surface area contributed by atoms with Crippen LogP contribution in [-0.4, -0.2) is 48.8 Å². The van der Waals surface area contributed by atoms with Gasteiger partial charge in [-0.2, -0.15) is 0 Å². The first-order valence-electron chi connectivity index (χ1n) is 8.22. The first-order chi connectivity index (χ1) is 9.69. The summed E-state index contributed by atoms with van der Waals surface area (Å²) in [5.41, 5.74) is -0.0563. The van der Waals surface area contributed by atoms with Gasteiger partial charge in [-0.1, -0.05) is 0 Å². The molecule has 4 nitrogen and oxygen atoms in total. The Hall–Kier alpha value is -0.160. The summed E-state index contributed by atoms with van der Waals surface area (Å²) >= 11 is 0. The van der Waals surface area contributed by atoms with Crippen LogP contribution in [0.3, 0.4) is 0 Å². The maximum absolute atomic E-state index is 9.79. The lowest BCUT2D eigenvalue weighted by Gasteiger charge is -2.36. The SMILES string of the molecule is CC(OCC1(CO)CCC2OC2C1)C1CCC2OC2C1. The molecule has 0 bridgehead atoms. The molecule has 0 amide bonds. The van der Waals surface area contributed by atoms with Crippen LogP contribution in [-0.2, 0) is 14.2 Å². The number of hydrogen-bond acceptors (Lipinski definition) is 4. The minimum atomic E-state index is -0.0563. The molecule has 2 saturated carbocycles. The van der Waals surface area contributed by atoms with Crippen LogP contribution in [0.15, 0.2) is 0 Å². The van der Waals surface area contributed by atoms with Crippen LogP contribution in [0, 0.1) is 11.3 Å². The molecule has 7 unspecified atom stereocenters. The van der Waals surface area contributed by atoms with Gasteiger partial charge in [0.2, 0.25) is 0 Å². The van der Waals surface area contributed by atoms with E-state index in [4.69, 9.17) is 14.2 Å². The number of aliphatic hydroxyl groups excluding tert-OH is 1. The topological polar surface area (TPSA) is 54.5 Å². The average molecular weight is 282 g/mol. The summed E-state index contributed by atoms with van der Waals surface area (Å²) in [5.74, 6) is 0.628. The highest BCUT2D eigenvalue weighted by atomic mass is 16.6. The lowest BCUT2D eigenvalue weighted by molar-refractivity contribution is -0.0625. The van der Waals surface area contributed by atoms with E-state index in [1.165, 1.54) is 12.8 Å². The molecular formula is C16H26O4. The number of fused-ring (bicyclic) bond motifs is 2. The second kappa shape index (κ2) is 4.94. The Morgan fingerprint density at radius 1 is 1.15 bits per heavy atom. The molecule has 0 aromatic heterocycles. The van der Waals surface area contributed by atoms with Gasteiger partial charge in [0.25, 0.3) is 0 Å². The molecule has 0 aromatic carbocycles. The van der Waals surface area contributed by atoms with Crippen molar-refractivity contribution in [2.24, 2.45) is 11.3 Å². The van der Waals surface area contributed by atoms with Gasteiger partial charge in [0.05, 0.1) is 43.7 Å². The summed E-state index contributed by atoms with van der Waals surface area (Å²) in [7, 11) is 0. The molecule has 20 heavy (non-hydrogen) atoms. The lowest BCUT2D eigenvalue weighted by atomic mass is 9.75. The van der Waals surface area contributed by atoms with Gasteiger partial charge in [0.1, 0.15) is 0 Å². The normalized spacial score (nSPS) is 51.0. The Morgan fingerprint density at radius 2 is 1.95 bits per heavy atom. The van der Waals surface area contributed by atoms with Crippen molar-refractivity contribution in [1.82, 2.24) is 0 Å². The maximum atomic E-state index is 9.79. The van der Waals surface area contributed by atoms with Gasteiger partial charge in [0.15, 0.2) is 0 Å². The second-order valence-electron chi connectivity index (χ2n) is 7.42. The van der Waals surface area contributed by atoms with Crippen molar-refractivity contribution >= 4 is 0 Å². The average Bonchev–Trinajstić information content (AvgIpc) is 3.36. The summed E-state index contributed by atoms with van der Waals surface area (Å²) < 4.78 is 17.4. The van der Waals surface area contributed by atoms with Crippen molar-refractivity contribution in [2.45, 2.75) is 76.0 Å². The van der Waals surface area contributed by atoms with Crippen LogP contribution in [0.5, 0.6) is 0 Å². The largest absolute Gasteiger partial charge is 0.396 e. The predicted octanol–water partition coefficient (Wildman–Crippen LogP) is 1.89. The molecule has 2 heterocycles. The van der Waals surface area contributed by atoms with Gasteiger partial charge >= 0.3 is 0 Å². The standard InChI is InChI=1S/C16H26O4/c1-10(11-2-3-12-14(6-11)19-12)18-9-16(8-17)5-4-13-15(7-16)20-13/h10-15,17H,2-9H2,1H3. The Kier molecular flexibility index (Phi) is 3.33. The van der Waals surface area contributed by atoms with Crippen molar-refractivity contribution in [2.75, 3.05) is 13.2 Å². The molecule has 7 atom stereocenters. The molecular weight excluding hydrogens is 256 g/mol. The first-order valence-corrected chi connectivity index (χ1v) is 8.22. The minimum absolute atomic E-state index is 0.0563. The van der Waals surface area contributed by atoms with E-state index in [1.807, 2.05) is 0 Å². The van der Waals surface area contributed by atoms with Gasteiger partial charge in [-0.05, 0) is 51.4 Å². The summed E-state index contributed by atoms with van der Waals surface area (Å²) in [5, 5.41) is 9.79. The molecule has 0 aromatic rings. The zero-order chi connectivity index (χ0) is 13.7. The summed E-state index contributed by atoms with van der Waals surface area (Å²) in [6.45, 7) is 3.10. The van der Waals surface area contributed by atoms with E-state index in [0.717, 1.165) is 25.7 Å². The third-order valence-electron chi connectivity index (χ3n) is 5.98. The number of hydrogen-bond donors (Lipinski definition) is 1. The molecule has 4 rings (SSSR count). The molecule has 2 aliphatic heterocycles. The van der Waals surface area contributed by atoms with Crippen LogP contribution < -0.4 is 0 Å². The maximum Gasteiger partial charge on any atom is 0.0848 e. The molecule has 114 valence electrons. The fourth-order valence-electron chi connectivity index (χ4n) is 4.22. The van der Waals surface area contributed by atoms with E-state index in [1.54, 1.807) is 0 Å². The molecule has 4 aliphatic rings. The predicted molar refractivity (Wildman–Crippen MR) is 73.4 cm³/mol. The smallest absolute Gasteiger partial charge is 0.0848 e. The summed E-state index contributed by atoms with van der Waals surface area (Å²) in [6.07, 6.45) is 8.91. The van der Waals surface area contributed by atoms with Crippen LogP contribution in [0.4, 0.5) is 0 Å². The van der Waals surface area contributed by atoms with E-state index in [2.05, 4.69) is 6.92 Å². The van der Waals surface area contributed by atoms with E-state index in [-0.39, 0.29) is 18.1 Å². The van der Waals surface area contributed by atoms with Crippen LogP contribution in [0.1, 0.15) is 45.4 Å². The molecule has 2 aliphatic carbocycles. The molecule has 4 fully saturated rings. The summed E-state index contributed by atoms with van der Waals surface area (Å²) in [4.78, 5) is 0. The van der Waals surface area contributed by atoms with Gasteiger partial charge in [-0.25, -0.2) is 0 Å². The Bertz CT molecular complexity index is 373. The van der Waals surface area contributed by atoms with Crippen molar-refractivity contribution < 1.29 is 19.3 Å². The quantitative estimate of drug-likeness (QED) is 0.782. The highest BCUT2D eigenvalue weighted by molar-refractivity contribution is 4.99. The minimum Gasteiger partial charge on any atom is -0.396 e. The zero-order valence-electron chi connectivity index (χ0n) is 12.3. The fraction of sp³-hybridized carbons (Fsp3) is 1.00. The molecule has 2 saturated heterocycles.